The minimum Gasteiger partial charge on any atom is -0.481 e. The molecule has 0 aliphatic heterocycles. The Morgan fingerprint density at radius 1 is 0.471 bits per heavy atom. The van der Waals surface area contributed by atoms with Crippen LogP contribution in [0.25, 0.3) is 0 Å². The average molecular weight is 489 g/mol. The number of hydrogen-bond acceptors (Lipinski definition) is 4. The lowest BCUT2D eigenvalue weighted by atomic mass is 9.84. The van der Waals surface area contributed by atoms with Crippen molar-refractivity contribution in [2.45, 2.75) is 118 Å². The Morgan fingerprint density at radius 3 is 0.941 bits per heavy atom. The lowest BCUT2D eigenvalue weighted by molar-refractivity contribution is -0.154. The summed E-state index contributed by atoms with van der Waals surface area (Å²) in [6.45, 7) is 8.84. The van der Waals surface area contributed by atoms with E-state index in [-0.39, 0.29) is 12.8 Å². The first-order valence-corrected chi connectivity index (χ1v) is 12.8. The Hall–Kier alpha value is -2.12. The van der Waals surface area contributed by atoms with E-state index >= 15 is 0 Å². The number of unbranched alkanes of at least 4 members (excludes halogenated alkanes) is 6. The Bertz CT molecular complexity index is 521. The third kappa shape index (κ3) is 23.1. The van der Waals surface area contributed by atoms with Gasteiger partial charge in [-0.1, -0.05) is 91.9 Å². The summed E-state index contributed by atoms with van der Waals surface area (Å²) in [4.78, 5) is 42.5. The minimum atomic E-state index is -1.08. The van der Waals surface area contributed by atoms with Crippen LogP contribution < -0.4 is 0 Å². The van der Waals surface area contributed by atoms with E-state index in [0.29, 0.717) is 24.7 Å². The molecule has 0 spiro atoms. The molecule has 0 rings (SSSR count). The maximum Gasteiger partial charge on any atom is 0.307 e. The SMILES string of the molecule is CC(C)CCCCCCC(C(=O)O)C(CCCCCCC(C)C)C(=O)O.O=C(O)CCC(=O)O. The van der Waals surface area contributed by atoms with Crippen molar-refractivity contribution in [3.8, 4) is 0 Å². The van der Waals surface area contributed by atoms with Gasteiger partial charge in [0.05, 0.1) is 24.7 Å². The van der Waals surface area contributed by atoms with Crippen LogP contribution >= 0.6 is 0 Å². The van der Waals surface area contributed by atoms with Crippen molar-refractivity contribution in [1.29, 1.82) is 0 Å². The minimum absolute atomic E-state index is 0.296. The topological polar surface area (TPSA) is 149 Å². The summed E-state index contributed by atoms with van der Waals surface area (Å²) < 4.78 is 0. The summed E-state index contributed by atoms with van der Waals surface area (Å²) in [5, 5.41) is 34.8. The van der Waals surface area contributed by atoms with E-state index in [2.05, 4.69) is 27.7 Å². The van der Waals surface area contributed by atoms with Crippen molar-refractivity contribution >= 4 is 23.9 Å². The summed E-state index contributed by atoms with van der Waals surface area (Å²) in [6.07, 6.45) is 11.0. The smallest absolute Gasteiger partial charge is 0.307 e. The molecule has 0 aliphatic carbocycles. The summed E-state index contributed by atoms with van der Waals surface area (Å²) in [6, 6.07) is 0. The van der Waals surface area contributed by atoms with Crippen molar-refractivity contribution < 1.29 is 39.6 Å². The molecule has 0 aromatic heterocycles. The van der Waals surface area contributed by atoms with Crippen LogP contribution in [0.5, 0.6) is 0 Å². The second-order valence-corrected chi connectivity index (χ2v) is 9.95. The quantitative estimate of drug-likeness (QED) is 0.145. The van der Waals surface area contributed by atoms with Gasteiger partial charge in [-0.2, -0.15) is 0 Å². The zero-order valence-electron chi connectivity index (χ0n) is 21.6. The first kappa shape index (κ1) is 34.0. The van der Waals surface area contributed by atoms with Gasteiger partial charge in [-0.25, -0.2) is 0 Å². The third-order valence-corrected chi connectivity index (χ3v) is 5.77. The van der Waals surface area contributed by atoms with Gasteiger partial charge in [-0.15, -0.1) is 0 Å². The van der Waals surface area contributed by atoms with Gasteiger partial charge in [0.2, 0.25) is 0 Å². The molecule has 0 radical (unpaired) electrons. The number of carbonyl (C=O) groups is 4. The van der Waals surface area contributed by atoms with Crippen LogP contribution in [0.1, 0.15) is 118 Å². The lowest BCUT2D eigenvalue weighted by Gasteiger charge is -2.20. The summed E-state index contributed by atoms with van der Waals surface area (Å²) >= 11 is 0. The first-order valence-electron chi connectivity index (χ1n) is 12.8. The molecule has 8 heteroatoms. The molecule has 2 atom stereocenters. The molecule has 0 saturated carbocycles. The van der Waals surface area contributed by atoms with Crippen LogP contribution in [0.4, 0.5) is 0 Å². The van der Waals surface area contributed by atoms with E-state index in [9.17, 15) is 29.4 Å². The molecule has 0 amide bonds. The average Bonchev–Trinajstić information content (AvgIpc) is 2.71. The van der Waals surface area contributed by atoms with Crippen molar-refractivity contribution in [3.05, 3.63) is 0 Å². The molecular weight excluding hydrogens is 440 g/mol. The third-order valence-electron chi connectivity index (χ3n) is 5.77. The van der Waals surface area contributed by atoms with Gasteiger partial charge in [0.15, 0.2) is 0 Å². The van der Waals surface area contributed by atoms with E-state index in [0.717, 1.165) is 38.5 Å². The van der Waals surface area contributed by atoms with Crippen LogP contribution in [0.15, 0.2) is 0 Å². The van der Waals surface area contributed by atoms with Gasteiger partial charge in [0.25, 0.3) is 0 Å². The maximum absolute atomic E-state index is 11.6. The van der Waals surface area contributed by atoms with Gasteiger partial charge in [0.1, 0.15) is 0 Å². The number of aliphatic carboxylic acids is 4. The number of rotatable bonds is 20. The van der Waals surface area contributed by atoms with Crippen LogP contribution in [-0.2, 0) is 19.2 Å². The first-order chi connectivity index (χ1) is 15.9. The van der Waals surface area contributed by atoms with Gasteiger partial charge in [-0.3, -0.25) is 19.2 Å². The molecule has 0 aliphatic rings. The standard InChI is InChI=1S/C22H42O4.C4H6O4/c1-17(2)13-9-5-7-11-15-19(21(23)24)20(22(25)26)16-12-8-6-10-14-18(3)4;5-3(6)1-2-4(7)8/h17-20H,5-16H2,1-4H3,(H,23,24)(H,25,26);1-2H2,(H,5,6)(H,7,8). The Morgan fingerprint density at radius 2 is 0.735 bits per heavy atom. The van der Waals surface area contributed by atoms with Gasteiger partial charge >= 0.3 is 23.9 Å². The second kappa shape index (κ2) is 21.4. The highest BCUT2D eigenvalue weighted by Crippen LogP contribution is 2.26. The van der Waals surface area contributed by atoms with Gasteiger partial charge in [-0.05, 0) is 24.7 Å². The largest absolute Gasteiger partial charge is 0.481 e. The molecule has 0 saturated heterocycles. The highest BCUT2D eigenvalue weighted by atomic mass is 16.4. The molecule has 0 heterocycles. The van der Waals surface area contributed by atoms with E-state index in [1.807, 2.05) is 0 Å². The molecule has 2 unspecified atom stereocenters. The monoisotopic (exact) mass is 488 g/mol. The van der Waals surface area contributed by atoms with E-state index in [4.69, 9.17) is 10.2 Å². The Kier molecular flexibility index (Phi) is 21.4. The van der Waals surface area contributed by atoms with E-state index in [1.165, 1.54) is 25.7 Å². The molecule has 8 nitrogen and oxygen atoms in total. The maximum atomic E-state index is 11.6. The zero-order valence-corrected chi connectivity index (χ0v) is 21.6. The summed E-state index contributed by atoms with van der Waals surface area (Å²) in [5.74, 6) is -4.11. The zero-order chi connectivity index (χ0) is 26.5. The normalized spacial score (nSPS) is 12.6. The van der Waals surface area contributed by atoms with Crippen LogP contribution in [0.3, 0.4) is 0 Å². The predicted molar refractivity (Wildman–Crippen MR) is 132 cm³/mol. The Balaban J connectivity index is 0. The van der Waals surface area contributed by atoms with Crippen molar-refractivity contribution in [2.75, 3.05) is 0 Å². The molecule has 0 fully saturated rings. The van der Waals surface area contributed by atoms with E-state index < -0.39 is 35.7 Å². The van der Waals surface area contributed by atoms with Crippen molar-refractivity contribution in [3.63, 3.8) is 0 Å². The molecule has 34 heavy (non-hydrogen) atoms. The highest BCUT2D eigenvalue weighted by Gasteiger charge is 2.32. The van der Waals surface area contributed by atoms with Crippen molar-refractivity contribution in [2.24, 2.45) is 23.7 Å². The Labute approximate surface area is 205 Å². The molecule has 200 valence electrons. The fraction of sp³-hybridized carbons (Fsp3) is 0.846. The van der Waals surface area contributed by atoms with Crippen LogP contribution in [0, 0.1) is 23.7 Å². The summed E-state index contributed by atoms with van der Waals surface area (Å²) in [7, 11) is 0. The number of carboxylic acids is 4. The van der Waals surface area contributed by atoms with E-state index in [1.54, 1.807) is 0 Å². The molecule has 4 N–H and O–H groups in total. The predicted octanol–water partition coefficient (Wildman–Crippen LogP) is 6.32. The van der Waals surface area contributed by atoms with Gasteiger partial charge < -0.3 is 20.4 Å². The summed E-state index contributed by atoms with van der Waals surface area (Å²) in [5.41, 5.74) is 0. The van der Waals surface area contributed by atoms with Crippen LogP contribution in [0.2, 0.25) is 0 Å². The van der Waals surface area contributed by atoms with Gasteiger partial charge in [0, 0.05) is 0 Å². The fourth-order valence-electron chi connectivity index (χ4n) is 3.75. The second-order valence-electron chi connectivity index (χ2n) is 9.95. The molecular formula is C26H48O8. The molecule has 0 aromatic rings. The lowest BCUT2D eigenvalue weighted by Crippen LogP contribution is -2.30. The number of hydrogen-bond donors (Lipinski definition) is 4. The fourth-order valence-corrected chi connectivity index (χ4v) is 3.75. The van der Waals surface area contributed by atoms with Crippen LogP contribution in [-0.4, -0.2) is 44.3 Å². The molecule has 0 aromatic carbocycles. The number of carboxylic acid groups (broad SMARTS) is 4. The van der Waals surface area contributed by atoms with Crippen molar-refractivity contribution in [1.82, 2.24) is 0 Å². The molecule has 0 bridgehead atoms. The highest BCUT2D eigenvalue weighted by molar-refractivity contribution is 5.79.